The number of halogens is 1. The fraction of sp³-hybridized carbons (Fsp3) is 0.650. The summed E-state index contributed by atoms with van der Waals surface area (Å²) in [5.41, 5.74) is 1.03. The average Bonchev–Trinajstić information content (AvgIpc) is 2.98. The van der Waals surface area contributed by atoms with Gasteiger partial charge in [0.05, 0.1) is 18.1 Å². The van der Waals surface area contributed by atoms with Crippen LogP contribution in [0.2, 0.25) is 0 Å². The molecule has 1 fully saturated rings. The third-order valence-electron chi connectivity index (χ3n) is 4.81. The maximum atomic E-state index is 10.7. The SMILES string of the molecule is COCCNC(=NCc1ccc([N+](=O)[O-])cc1)NCCCN1CCCCCC1.I. The monoisotopic (exact) mass is 519 g/mol. The van der Waals surface area contributed by atoms with Crippen LogP contribution >= 0.6 is 24.0 Å². The van der Waals surface area contributed by atoms with Crippen molar-refractivity contribution in [3.05, 3.63) is 39.9 Å². The van der Waals surface area contributed by atoms with Gasteiger partial charge in [0.25, 0.3) is 5.69 Å². The fourth-order valence-electron chi connectivity index (χ4n) is 3.21. The van der Waals surface area contributed by atoms with Crippen molar-refractivity contribution in [2.45, 2.75) is 38.6 Å². The van der Waals surface area contributed by atoms with E-state index in [1.807, 2.05) is 0 Å². The Morgan fingerprint density at radius 3 is 2.41 bits per heavy atom. The van der Waals surface area contributed by atoms with Crippen LogP contribution in [-0.4, -0.2) is 62.2 Å². The second-order valence-electron chi connectivity index (χ2n) is 7.04. The molecule has 0 radical (unpaired) electrons. The highest BCUT2D eigenvalue weighted by Crippen LogP contribution is 2.12. The maximum Gasteiger partial charge on any atom is 0.269 e. The zero-order valence-electron chi connectivity index (χ0n) is 17.3. The first-order chi connectivity index (χ1) is 13.7. The normalized spacial score (nSPS) is 15.3. The Morgan fingerprint density at radius 1 is 1.14 bits per heavy atom. The predicted octanol–water partition coefficient (Wildman–Crippen LogP) is 3.16. The van der Waals surface area contributed by atoms with Gasteiger partial charge in [-0.15, -0.1) is 24.0 Å². The number of benzene rings is 1. The number of likely N-dealkylation sites (tertiary alicyclic amines) is 1. The standard InChI is InChI=1S/C20H33N5O3.HI/c1-28-16-12-22-20(21-11-6-15-24-13-4-2-3-5-14-24)23-17-18-7-9-19(10-8-18)25(26)27;/h7-10H,2-6,11-17H2,1H3,(H2,21,22,23);1H. The number of nitrogens with one attached hydrogen (secondary N) is 2. The third-order valence-corrected chi connectivity index (χ3v) is 4.81. The number of hydrogen-bond donors (Lipinski definition) is 2. The first-order valence-electron chi connectivity index (χ1n) is 10.2. The molecule has 1 saturated heterocycles. The summed E-state index contributed by atoms with van der Waals surface area (Å²) in [5, 5.41) is 17.4. The van der Waals surface area contributed by atoms with Crippen LogP contribution in [0, 0.1) is 10.1 Å². The summed E-state index contributed by atoms with van der Waals surface area (Å²) >= 11 is 0. The van der Waals surface area contributed by atoms with Crippen molar-refractivity contribution < 1.29 is 9.66 Å². The summed E-state index contributed by atoms with van der Waals surface area (Å²) in [6.45, 7) is 6.14. The summed E-state index contributed by atoms with van der Waals surface area (Å²) in [6.07, 6.45) is 6.42. The van der Waals surface area contributed by atoms with E-state index in [9.17, 15) is 10.1 Å². The number of non-ortho nitro benzene ring substituents is 1. The Kier molecular flexibility index (Phi) is 13.6. The number of rotatable bonds is 10. The molecule has 0 aliphatic carbocycles. The lowest BCUT2D eigenvalue weighted by Gasteiger charge is -2.20. The molecule has 0 saturated carbocycles. The highest BCUT2D eigenvalue weighted by atomic mass is 127. The van der Waals surface area contributed by atoms with Crippen LogP contribution in [0.3, 0.4) is 0 Å². The second kappa shape index (κ2) is 15.4. The van der Waals surface area contributed by atoms with Gasteiger partial charge in [-0.25, -0.2) is 4.99 Å². The molecule has 0 atom stereocenters. The summed E-state index contributed by atoms with van der Waals surface area (Å²) in [6, 6.07) is 6.51. The van der Waals surface area contributed by atoms with Crippen molar-refractivity contribution in [2.24, 2.45) is 4.99 Å². The minimum absolute atomic E-state index is 0. The first kappa shape index (κ1) is 25.6. The molecule has 164 valence electrons. The van der Waals surface area contributed by atoms with Gasteiger partial charge in [0.2, 0.25) is 0 Å². The second-order valence-corrected chi connectivity index (χ2v) is 7.04. The molecule has 1 aliphatic rings. The number of nitrogens with zero attached hydrogens (tertiary/aromatic N) is 3. The van der Waals surface area contributed by atoms with Crippen molar-refractivity contribution in [3.8, 4) is 0 Å². The Labute approximate surface area is 190 Å². The molecule has 2 rings (SSSR count). The molecule has 9 heteroatoms. The third kappa shape index (κ3) is 10.8. The molecular formula is C20H34IN5O3. The Balaban J connectivity index is 0.00000420. The van der Waals surface area contributed by atoms with Crippen LogP contribution in [0.25, 0.3) is 0 Å². The largest absolute Gasteiger partial charge is 0.383 e. The number of nitro benzene ring substituents is 1. The topological polar surface area (TPSA) is 92.0 Å². The molecule has 0 unspecified atom stereocenters. The van der Waals surface area contributed by atoms with Crippen molar-refractivity contribution in [2.75, 3.05) is 46.4 Å². The van der Waals surface area contributed by atoms with Gasteiger partial charge >= 0.3 is 0 Å². The highest BCUT2D eigenvalue weighted by Gasteiger charge is 2.08. The predicted molar refractivity (Wildman–Crippen MR) is 127 cm³/mol. The lowest BCUT2D eigenvalue weighted by Crippen LogP contribution is -2.40. The molecule has 0 spiro atoms. The van der Waals surface area contributed by atoms with Crippen molar-refractivity contribution in [1.82, 2.24) is 15.5 Å². The minimum atomic E-state index is -0.392. The molecular weight excluding hydrogens is 485 g/mol. The molecule has 1 aliphatic heterocycles. The van der Waals surface area contributed by atoms with Gasteiger partial charge in [-0.1, -0.05) is 25.0 Å². The van der Waals surface area contributed by atoms with Crippen LogP contribution in [0.5, 0.6) is 0 Å². The molecule has 0 aromatic heterocycles. The molecule has 0 bridgehead atoms. The summed E-state index contributed by atoms with van der Waals surface area (Å²) in [4.78, 5) is 17.5. The molecule has 8 nitrogen and oxygen atoms in total. The summed E-state index contributed by atoms with van der Waals surface area (Å²) < 4.78 is 5.09. The van der Waals surface area contributed by atoms with E-state index in [-0.39, 0.29) is 29.7 Å². The van der Waals surface area contributed by atoms with Crippen LogP contribution in [0.1, 0.15) is 37.7 Å². The fourth-order valence-corrected chi connectivity index (χ4v) is 3.21. The maximum absolute atomic E-state index is 10.7. The molecule has 29 heavy (non-hydrogen) atoms. The van der Waals surface area contributed by atoms with E-state index in [0.717, 1.165) is 31.0 Å². The van der Waals surface area contributed by atoms with Crippen LogP contribution in [-0.2, 0) is 11.3 Å². The lowest BCUT2D eigenvalue weighted by atomic mass is 10.2. The lowest BCUT2D eigenvalue weighted by molar-refractivity contribution is -0.384. The summed E-state index contributed by atoms with van der Waals surface area (Å²) in [7, 11) is 1.67. The van der Waals surface area contributed by atoms with Gasteiger partial charge in [0, 0.05) is 32.3 Å². The van der Waals surface area contributed by atoms with Crippen LogP contribution in [0.15, 0.2) is 29.3 Å². The highest BCUT2D eigenvalue weighted by molar-refractivity contribution is 14.0. The van der Waals surface area contributed by atoms with Gasteiger partial charge in [-0.2, -0.15) is 0 Å². The number of nitro groups is 1. The number of hydrogen-bond acceptors (Lipinski definition) is 5. The number of ether oxygens (including phenoxy) is 1. The molecule has 1 aromatic carbocycles. The Hall–Kier alpha value is -1.46. The van der Waals surface area contributed by atoms with E-state index in [4.69, 9.17) is 4.74 Å². The number of methoxy groups -OCH3 is 1. The van der Waals surface area contributed by atoms with Gasteiger partial charge in [-0.3, -0.25) is 10.1 Å². The van der Waals surface area contributed by atoms with Crippen molar-refractivity contribution in [1.29, 1.82) is 0 Å². The van der Waals surface area contributed by atoms with E-state index in [1.54, 1.807) is 19.2 Å². The quantitative estimate of drug-likeness (QED) is 0.123. The minimum Gasteiger partial charge on any atom is -0.383 e. The van der Waals surface area contributed by atoms with Gasteiger partial charge in [0.15, 0.2) is 5.96 Å². The molecule has 0 amide bonds. The van der Waals surface area contributed by atoms with E-state index in [1.165, 1.54) is 50.9 Å². The average molecular weight is 519 g/mol. The van der Waals surface area contributed by atoms with Gasteiger partial charge < -0.3 is 20.3 Å². The zero-order chi connectivity index (χ0) is 20.0. The van der Waals surface area contributed by atoms with E-state index >= 15 is 0 Å². The van der Waals surface area contributed by atoms with E-state index in [0.29, 0.717) is 19.7 Å². The molecule has 1 aromatic rings. The van der Waals surface area contributed by atoms with E-state index < -0.39 is 4.92 Å². The van der Waals surface area contributed by atoms with Crippen LogP contribution < -0.4 is 10.6 Å². The Bertz CT molecular complexity index is 605. The van der Waals surface area contributed by atoms with Gasteiger partial charge in [-0.05, 0) is 44.5 Å². The van der Waals surface area contributed by atoms with Crippen molar-refractivity contribution in [3.63, 3.8) is 0 Å². The number of aliphatic imine (C=N–C) groups is 1. The smallest absolute Gasteiger partial charge is 0.269 e. The van der Waals surface area contributed by atoms with E-state index in [2.05, 4.69) is 20.5 Å². The van der Waals surface area contributed by atoms with Crippen LogP contribution in [0.4, 0.5) is 5.69 Å². The first-order valence-corrected chi connectivity index (χ1v) is 10.2. The Morgan fingerprint density at radius 2 is 1.79 bits per heavy atom. The molecule has 2 N–H and O–H groups in total. The van der Waals surface area contributed by atoms with Gasteiger partial charge in [0.1, 0.15) is 0 Å². The number of guanidine groups is 1. The molecule has 1 heterocycles. The summed E-state index contributed by atoms with van der Waals surface area (Å²) in [5.74, 6) is 0.742. The van der Waals surface area contributed by atoms with Crippen molar-refractivity contribution >= 4 is 35.6 Å². The zero-order valence-corrected chi connectivity index (χ0v) is 19.6.